The number of aromatic nitrogens is 5. The molecule has 34 heavy (non-hydrogen) atoms. The summed E-state index contributed by atoms with van der Waals surface area (Å²) in [6.45, 7) is -0.676. The number of alkyl halides is 2. The maximum absolute atomic E-state index is 13.5. The van der Waals surface area contributed by atoms with Crippen LogP contribution in [0.5, 0.6) is 0 Å². The van der Waals surface area contributed by atoms with Crippen LogP contribution < -0.4 is 5.32 Å². The molecule has 0 unspecified atom stereocenters. The van der Waals surface area contributed by atoms with Gasteiger partial charge in [0, 0.05) is 23.2 Å². The minimum atomic E-state index is -2.74. The third-order valence-corrected chi connectivity index (χ3v) is 5.35. The molecule has 0 saturated heterocycles. The summed E-state index contributed by atoms with van der Waals surface area (Å²) in [6, 6.07) is 14.2. The SMILES string of the molecule is Cc1cccc(-c2[nH]c(NCc3ccc(F)c(F)c3)nc2-c2ccc3c(cnn3C(F)F)c2)n1. The van der Waals surface area contributed by atoms with Crippen LogP contribution >= 0.6 is 0 Å². The fourth-order valence-electron chi connectivity index (χ4n) is 3.72. The summed E-state index contributed by atoms with van der Waals surface area (Å²) in [5.74, 6) is -1.45. The first-order chi connectivity index (χ1) is 16.4. The summed E-state index contributed by atoms with van der Waals surface area (Å²) >= 11 is 0. The number of H-pyrrole nitrogens is 1. The number of rotatable bonds is 6. The molecular weight excluding hydrogens is 448 g/mol. The van der Waals surface area contributed by atoms with Gasteiger partial charge >= 0.3 is 6.55 Å². The number of benzene rings is 2. The first kappa shape index (κ1) is 21.6. The fraction of sp³-hybridized carbons (Fsp3) is 0.125. The Bertz CT molecular complexity index is 1490. The van der Waals surface area contributed by atoms with Crippen molar-refractivity contribution in [2.24, 2.45) is 0 Å². The van der Waals surface area contributed by atoms with Gasteiger partial charge in [-0.2, -0.15) is 13.9 Å². The first-order valence-corrected chi connectivity index (χ1v) is 10.4. The van der Waals surface area contributed by atoms with Crippen LogP contribution in [0.2, 0.25) is 0 Å². The maximum atomic E-state index is 13.5. The summed E-state index contributed by atoms with van der Waals surface area (Å²) in [4.78, 5) is 12.4. The number of pyridine rings is 1. The molecule has 10 heteroatoms. The lowest BCUT2D eigenvalue weighted by Crippen LogP contribution is -2.02. The van der Waals surface area contributed by atoms with E-state index in [0.29, 0.717) is 49.7 Å². The minimum Gasteiger partial charge on any atom is -0.352 e. The highest BCUT2D eigenvalue weighted by Gasteiger charge is 2.18. The van der Waals surface area contributed by atoms with Crippen molar-refractivity contribution in [1.82, 2.24) is 24.7 Å². The van der Waals surface area contributed by atoms with Crippen LogP contribution in [0.25, 0.3) is 33.5 Å². The number of halogens is 4. The topological polar surface area (TPSA) is 71.4 Å². The van der Waals surface area contributed by atoms with E-state index in [1.54, 1.807) is 18.2 Å². The van der Waals surface area contributed by atoms with Crippen LogP contribution in [0, 0.1) is 18.6 Å². The van der Waals surface area contributed by atoms with Crippen molar-refractivity contribution in [1.29, 1.82) is 0 Å². The number of hydrogen-bond donors (Lipinski definition) is 2. The Morgan fingerprint density at radius 3 is 2.62 bits per heavy atom. The molecule has 0 aliphatic carbocycles. The second kappa shape index (κ2) is 8.62. The van der Waals surface area contributed by atoms with Crippen molar-refractivity contribution in [3.05, 3.63) is 83.7 Å². The summed E-state index contributed by atoms with van der Waals surface area (Å²) in [5, 5.41) is 7.38. The fourth-order valence-corrected chi connectivity index (χ4v) is 3.72. The molecule has 0 bridgehead atoms. The average molecular weight is 466 g/mol. The molecule has 0 fully saturated rings. The van der Waals surface area contributed by atoms with Crippen LogP contribution in [-0.4, -0.2) is 24.7 Å². The van der Waals surface area contributed by atoms with E-state index in [4.69, 9.17) is 0 Å². The van der Waals surface area contributed by atoms with Gasteiger partial charge in [0.2, 0.25) is 5.95 Å². The van der Waals surface area contributed by atoms with Gasteiger partial charge in [-0.25, -0.2) is 18.4 Å². The van der Waals surface area contributed by atoms with E-state index in [0.717, 1.165) is 17.8 Å². The second-order valence-electron chi connectivity index (χ2n) is 7.72. The highest BCUT2D eigenvalue weighted by atomic mass is 19.3. The van der Waals surface area contributed by atoms with Gasteiger partial charge in [-0.15, -0.1) is 0 Å². The number of aromatic amines is 1. The lowest BCUT2D eigenvalue weighted by Gasteiger charge is -2.05. The lowest BCUT2D eigenvalue weighted by molar-refractivity contribution is 0.0615. The number of nitrogens with zero attached hydrogens (tertiary/aromatic N) is 4. The third kappa shape index (κ3) is 4.09. The van der Waals surface area contributed by atoms with Crippen LogP contribution in [0.1, 0.15) is 17.8 Å². The number of fused-ring (bicyclic) bond motifs is 1. The number of anilines is 1. The predicted molar refractivity (Wildman–Crippen MR) is 120 cm³/mol. The van der Waals surface area contributed by atoms with E-state index in [2.05, 4.69) is 25.4 Å². The molecule has 0 saturated carbocycles. The van der Waals surface area contributed by atoms with Crippen molar-refractivity contribution in [2.45, 2.75) is 20.0 Å². The van der Waals surface area contributed by atoms with Crippen molar-refractivity contribution in [2.75, 3.05) is 5.32 Å². The quantitative estimate of drug-likeness (QED) is 0.298. The Kier molecular flexibility index (Phi) is 5.48. The molecule has 2 N–H and O–H groups in total. The average Bonchev–Trinajstić information content (AvgIpc) is 3.44. The van der Waals surface area contributed by atoms with Gasteiger partial charge in [0.05, 0.1) is 28.8 Å². The van der Waals surface area contributed by atoms with Crippen LogP contribution in [-0.2, 0) is 6.54 Å². The smallest absolute Gasteiger partial charge is 0.333 e. The first-order valence-electron chi connectivity index (χ1n) is 10.4. The molecule has 172 valence electrons. The molecular formula is C24H18F4N6. The monoisotopic (exact) mass is 466 g/mol. The Hall–Kier alpha value is -4.21. The van der Waals surface area contributed by atoms with Gasteiger partial charge in [0.1, 0.15) is 0 Å². The van der Waals surface area contributed by atoms with E-state index in [1.165, 1.54) is 12.3 Å². The normalized spacial score (nSPS) is 11.5. The van der Waals surface area contributed by atoms with E-state index >= 15 is 0 Å². The highest BCUT2D eigenvalue weighted by molar-refractivity contribution is 5.87. The van der Waals surface area contributed by atoms with Crippen molar-refractivity contribution in [3.63, 3.8) is 0 Å². The molecule has 3 aromatic heterocycles. The molecule has 0 aliphatic heterocycles. The van der Waals surface area contributed by atoms with Crippen LogP contribution in [0.15, 0.2) is 60.8 Å². The zero-order valence-electron chi connectivity index (χ0n) is 17.9. The molecule has 2 aromatic carbocycles. The highest BCUT2D eigenvalue weighted by Crippen LogP contribution is 2.33. The maximum Gasteiger partial charge on any atom is 0.333 e. The van der Waals surface area contributed by atoms with E-state index < -0.39 is 18.2 Å². The molecule has 5 aromatic rings. The minimum absolute atomic E-state index is 0.199. The molecule has 0 atom stereocenters. The Morgan fingerprint density at radius 2 is 1.85 bits per heavy atom. The van der Waals surface area contributed by atoms with Gasteiger partial charge < -0.3 is 10.3 Å². The molecule has 6 nitrogen and oxygen atoms in total. The number of aryl methyl sites for hydroxylation is 1. The molecule has 5 rings (SSSR count). The van der Waals surface area contributed by atoms with Gasteiger partial charge in [0.25, 0.3) is 0 Å². The number of hydrogen-bond acceptors (Lipinski definition) is 4. The number of nitrogens with one attached hydrogen (secondary N) is 2. The molecule has 3 heterocycles. The van der Waals surface area contributed by atoms with E-state index in [9.17, 15) is 17.6 Å². The zero-order chi connectivity index (χ0) is 23.8. The second-order valence-corrected chi connectivity index (χ2v) is 7.72. The van der Waals surface area contributed by atoms with Gasteiger partial charge in [-0.3, -0.25) is 4.98 Å². The summed E-state index contributed by atoms with van der Waals surface area (Å²) in [6.07, 6.45) is 1.38. The molecule has 0 amide bonds. The van der Waals surface area contributed by atoms with Gasteiger partial charge in [0.15, 0.2) is 11.6 Å². The van der Waals surface area contributed by atoms with Crippen molar-refractivity contribution < 1.29 is 17.6 Å². The van der Waals surface area contributed by atoms with Gasteiger partial charge in [-0.1, -0.05) is 18.2 Å². The van der Waals surface area contributed by atoms with Crippen molar-refractivity contribution in [3.8, 4) is 22.6 Å². The Balaban J connectivity index is 1.54. The summed E-state index contributed by atoms with van der Waals surface area (Å²) in [5.41, 5.74) is 4.15. The third-order valence-electron chi connectivity index (χ3n) is 5.35. The summed E-state index contributed by atoms with van der Waals surface area (Å²) in [7, 11) is 0. The zero-order valence-corrected chi connectivity index (χ0v) is 17.9. The van der Waals surface area contributed by atoms with E-state index in [-0.39, 0.29) is 6.54 Å². The molecule has 0 aliphatic rings. The summed E-state index contributed by atoms with van der Waals surface area (Å²) < 4.78 is 53.8. The Morgan fingerprint density at radius 1 is 1.00 bits per heavy atom. The largest absolute Gasteiger partial charge is 0.352 e. The van der Waals surface area contributed by atoms with Crippen molar-refractivity contribution >= 4 is 16.9 Å². The Labute approximate surface area is 191 Å². The molecule has 0 radical (unpaired) electrons. The van der Waals surface area contributed by atoms with Crippen LogP contribution in [0.3, 0.4) is 0 Å². The predicted octanol–water partition coefficient (Wildman–Crippen LogP) is 6.08. The van der Waals surface area contributed by atoms with Gasteiger partial charge in [-0.05, 0) is 48.9 Å². The van der Waals surface area contributed by atoms with E-state index in [1.807, 2.05) is 25.1 Å². The molecule has 0 spiro atoms. The number of imidazole rings is 1. The lowest BCUT2D eigenvalue weighted by atomic mass is 10.1. The standard InChI is InChI=1S/C24H18F4N6/c1-13-3-2-4-19(31-13)22-21(15-6-8-20-16(10-15)12-30-34(20)23(27)28)32-24(33-22)29-11-14-5-7-17(25)18(26)9-14/h2-10,12,23H,11H2,1H3,(H2,29,32,33). The van der Waals surface area contributed by atoms with Crippen LogP contribution in [0.4, 0.5) is 23.5 Å².